The molecule has 0 spiro atoms. The van der Waals surface area contributed by atoms with Gasteiger partial charge in [0.05, 0.1) is 20.5 Å². The summed E-state index contributed by atoms with van der Waals surface area (Å²) < 4.78 is 15.9. The number of furan rings is 1. The largest absolute Gasteiger partial charge is 0.468 e. The van der Waals surface area contributed by atoms with Crippen LogP contribution in [0.3, 0.4) is 0 Å². The van der Waals surface area contributed by atoms with Crippen molar-refractivity contribution in [2.24, 2.45) is 11.3 Å². The van der Waals surface area contributed by atoms with E-state index < -0.39 is 17.4 Å². The van der Waals surface area contributed by atoms with Gasteiger partial charge in [0.2, 0.25) is 0 Å². The number of methoxy groups -OCH3 is 2. The van der Waals surface area contributed by atoms with Gasteiger partial charge in [-0.15, -0.1) is 0 Å². The van der Waals surface area contributed by atoms with Gasteiger partial charge in [-0.1, -0.05) is 13.3 Å². The van der Waals surface area contributed by atoms with Crippen molar-refractivity contribution in [2.45, 2.75) is 51.4 Å². The molecule has 5 heteroatoms. The molecular weight excluding hydrogens is 344 g/mol. The van der Waals surface area contributed by atoms with E-state index in [-0.39, 0.29) is 11.3 Å². The summed E-state index contributed by atoms with van der Waals surface area (Å²) in [7, 11) is 2.71. The molecule has 2 aromatic rings. The molecule has 2 aliphatic carbocycles. The van der Waals surface area contributed by atoms with Gasteiger partial charge in [0.1, 0.15) is 5.58 Å². The second-order valence-corrected chi connectivity index (χ2v) is 8.18. The fraction of sp³-hybridized carbons (Fsp3) is 0.545. The van der Waals surface area contributed by atoms with Crippen LogP contribution in [0, 0.1) is 18.3 Å². The standard InChI is InChI=1S/C22H26O5/c1-13-14-6-7-18-21(2,16(14)12-17-15(13)8-11-27-17)9-5-10-22(18,19(23)25-3)20(24)26-4/h8,11-12,18H,5-7,9-10H2,1-4H3. The lowest BCUT2D eigenvalue weighted by Crippen LogP contribution is -2.58. The Hall–Kier alpha value is -2.30. The summed E-state index contributed by atoms with van der Waals surface area (Å²) >= 11 is 0. The second-order valence-electron chi connectivity index (χ2n) is 8.18. The molecule has 4 rings (SSSR count). The first-order chi connectivity index (χ1) is 12.9. The molecule has 0 bridgehead atoms. The summed E-state index contributed by atoms with van der Waals surface area (Å²) in [5.41, 5.74) is 3.09. The Kier molecular flexibility index (Phi) is 4.09. The van der Waals surface area contributed by atoms with Gasteiger partial charge in [0, 0.05) is 5.39 Å². The molecule has 1 aromatic carbocycles. The van der Waals surface area contributed by atoms with Crippen molar-refractivity contribution >= 4 is 22.9 Å². The van der Waals surface area contributed by atoms with Crippen molar-refractivity contribution < 1.29 is 23.5 Å². The van der Waals surface area contributed by atoms with Gasteiger partial charge in [0.25, 0.3) is 0 Å². The minimum Gasteiger partial charge on any atom is -0.468 e. The van der Waals surface area contributed by atoms with Gasteiger partial charge in [-0.25, -0.2) is 0 Å². The van der Waals surface area contributed by atoms with Crippen LogP contribution in [0.15, 0.2) is 22.8 Å². The average molecular weight is 370 g/mol. The zero-order valence-corrected chi connectivity index (χ0v) is 16.4. The summed E-state index contributed by atoms with van der Waals surface area (Å²) in [5.74, 6) is -1.09. The maximum Gasteiger partial charge on any atom is 0.323 e. The Labute approximate surface area is 159 Å². The van der Waals surface area contributed by atoms with Gasteiger partial charge in [-0.3, -0.25) is 9.59 Å². The Morgan fingerprint density at radius 2 is 1.89 bits per heavy atom. The number of ether oxygens (including phenoxy) is 2. The van der Waals surface area contributed by atoms with Crippen LogP contribution in [0.1, 0.15) is 49.3 Å². The smallest absolute Gasteiger partial charge is 0.323 e. The van der Waals surface area contributed by atoms with Gasteiger partial charge in [-0.05, 0) is 72.8 Å². The van der Waals surface area contributed by atoms with Gasteiger partial charge >= 0.3 is 11.9 Å². The van der Waals surface area contributed by atoms with Crippen LogP contribution in [-0.2, 0) is 30.9 Å². The molecule has 0 N–H and O–H groups in total. The molecular formula is C22H26O5. The molecule has 1 aromatic heterocycles. The highest BCUT2D eigenvalue weighted by atomic mass is 16.5. The lowest BCUT2D eigenvalue weighted by Gasteiger charge is -2.53. The number of rotatable bonds is 2. The van der Waals surface area contributed by atoms with Crippen molar-refractivity contribution in [1.29, 1.82) is 0 Å². The van der Waals surface area contributed by atoms with E-state index in [2.05, 4.69) is 19.9 Å². The highest BCUT2D eigenvalue weighted by Crippen LogP contribution is 2.59. The first kappa shape index (κ1) is 18.1. The molecule has 2 aliphatic rings. The monoisotopic (exact) mass is 370 g/mol. The first-order valence-electron chi connectivity index (χ1n) is 9.57. The molecule has 0 aliphatic heterocycles. The quantitative estimate of drug-likeness (QED) is 0.589. The lowest BCUT2D eigenvalue weighted by molar-refractivity contribution is -0.181. The predicted octanol–water partition coefficient (Wildman–Crippen LogP) is 4.08. The van der Waals surface area contributed by atoms with Crippen molar-refractivity contribution in [1.82, 2.24) is 0 Å². The maximum atomic E-state index is 12.9. The number of aryl methyl sites for hydroxylation is 1. The average Bonchev–Trinajstić information content (AvgIpc) is 3.15. The number of fused-ring (bicyclic) bond motifs is 4. The van der Waals surface area contributed by atoms with Gasteiger partial charge in [-0.2, -0.15) is 0 Å². The summed E-state index contributed by atoms with van der Waals surface area (Å²) in [4.78, 5) is 25.8. The lowest BCUT2D eigenvalue weighted by atomic mass is 9.49. The van der Waals surface area contributed by atoms with E-state index in [1.807, 2.05) is 6.07 Å². The fourth-order valence-electron chi connectivity index (χ4n) is 5.90. The third-order valence-electron chi connectivity index (χ3n) is 7.18. The van der Waals surface area contributed by atoms with Crippen molar-refractivity contribution in [3.63, 3.8) is 0 Å². The molecule has 2 atom stereocenters. The summed E-state index contributed by atoms with van der Waals surface area (Å²) in [6, 6.07) is 4.13. The highest BCUT2D eigenvalue weighted by molar-refractivity contribution is 6.01. The van der Waals surface area contributed by atoms with Crippen LogP contribution >= 0.6 is 0 Å². The Morgan fingerprint density at radius 3 is 2.56 bits per heavy atom. The Morgan fingerprint density at radius 1 is 1.19 bits per heavy atom. The van der Waals surface area contributed by atoms with Gasteiger partial charge < -0.3 is 13.9 Å². The van der Waals surface area contributed by atoms with Crippen molar-refractivity contribution in [2.75, 3.05) is 14.2 Å². The van der Waals surface area contributed by atoms with Crippen molar-refractivity contribution in [3.8, 4) is 0 Å². The molecule has 0 radical (unpaired) electrons. The highest BCUT2D eigenvalue weighted by Gasteiger charge is 2.63. The number of benzene rings is 1. The number of esters is 2. The molecule has 1 fully saturated rings. The Bertz CT molecular complexity index is 908. The predicted molar refractivity (Wildman–Crippen MR) is 100 cm³/mol. The normalized spacial score (nSPS) is 26.1. The fourth-order valence-corrected chi connectivity index (χ4v) is 5.90. The third kappa shape index (κ3) is 2.23. The number of hydrogen-bond acceptors (Lipinski definition) is 5. The summed E-state index contributed by atoms with van der Waals surface area (Å²) in [6.07, 6.45) is 5.48. The van der Waals surface area contributed by atoms with Crippen molar-refractivity contribution in [3.05, 3.63) is 35.1 Å². The van der Waals surface area contributed by atoms with Crippen LogP contribution in [-0.4, -0.2) is 26.2 Å². The zero-order chi connectivity index (χ0) is 19.4. The molecule has 1 heterocycles. The van der Waals surface area contributed by atoms with Crippen LogP contribution in [0.4, 0.5) is 0 Å². The minimum absolute atomic E-state index is 0.155. The van der Waals surface area contributed by atoms with E-state index >= 15 is 0 Å². The molecule has 144 valence electrons. The molecule has 27 heavy (non-hydrogen) atoms. The molecule has 1 saturated carbocycles. The number of carbonyl (C=O) groups is 2. The number of carbonyl (C=O) groups excluding carboxylic acids is 2. The molecule has 0 saturated heterocycles. The first-order valence-corrected chi connectivity index (χ1v) is 9.57. The summed E-state index contributed by atoms with van der Waals surface area (Å²) in [5, 5.41) is 1.14. The van der Waals surface area contributed by atoms with E-state index in [1.165, 1.54) is 30.9 Å². The SMILES string of the molecule is COC(=O)C1(C(=O)OC)CCCC2(C)c3cc4occc4c(C)c3CCC12. The van der Waals surface area contributed by atoms with Crippen LogP contribution in [0.2, 0.25) is 0 Å². The molecule has 2 unspecified atom stereocenters. The van der Waals surface area contributed by atoms with E-state index in [0.717, 1.165) is 36.7 Å². The van der Waals surface area contributed by atoms with E-state index in [4.69, 9.17) is 13.9 Å². The second kappa shape index (κ2) is 6.11. The van der Waals surface area contributed by atoms with Crippen LogP contribution < -0.4 is 0 Å². The third-order valence-corrected chi connectivity index (χ3v) is 7.18. The number of hydrogen-bond donors (Lipinski definition) is 0. The van der Waals surface area contributed by atoms with E-state index in [1.54, 1.807) is 6.26 Å². The Balaban J connectivity index is 1.94. The minimum atomic E-state index is -1.24. The topological polar surface area (TPSA) is 65.7 Å². The summed E-state index contributed by atoms with van der Waals surface area (Å²) in [6.45, 7) is 4.32. The van der Waals surface area contributed by atoms with Crippen LogP contribution in [0.25, 0.3) is 11.0 Å². The van der Waals surface area contributed by atoms with E-state index in [0.29, 0.717) is 6.42 Å². The molecule has 5 nitrogen and oxygen atoms in total. The molecule has 0 amide bonds. The zero-order valence-electron chi connectivity index (χ0n) is 16.4. The van der Waals surface area contributed by atoms with Gasteiger partial charge in [0.15, 0.2) is 5.41 Å². The van der Waals surface area contributed by atoms with Crippen LogP contribution in [0.5, 0.6) is 0 Å². The maximum absolute atomic E-state index is 12.9. The van der Waals surface area contributed by atoms with E-state index in [9.17, 15) is 9.59 Å².